The number of halogens is 1. The van der Waals surface area contributed by atoms with E-state index in [2.05, 4.69) is 69.1 Å². The molecule has 22 heavy (non-hydrogen) atoms. The molecule has 3 nitrogen and oxygen atoms in total. The fraction of sp³-hybridized carbons (Fsp3) is 0.278. The first-order valence-corrected chi connectivity index (χ1v) is 8.25. The van der Waals surface area contributed by atoms with Crippen molar-refractivity contribution in [3.63, 3.8) is 0 Å². The Morgan fingerprint density at radius 2 is 1.82 bits per heavy atom. The van der Waals surface area contributed by atoms with Crippen molar-refractivity contribution in [1.82, 2.24) is 0 Å². The minimum atomic E-state index is 0.810. The molecule has 0 saturated carbocycles. The summed E-state index contributed by atoms with van der Waals surface area (Å²) in [6, 6.07) is 14.7. The number of ether oxygens (including phenoxy) is 1. The first-order valence-electron chi connectivity index (χ1n) is 7.45. The molecule has 0 aliphatic carbocycles. The summed E-state index contributed by atoms with van der Waals surface area (Å²) in [4.78, 5) is 6.90. The minimum absolute atomic E-state index is 0.810. The zero-order valence-corrected chi connectivity index (χ0v) is 14.2. The maximum atomic E-state index is 5.38. The van der Waals surface area contributed by atoms with Gasteiger partial charge in [0.1, 0.15) is 0 Å². The zero-order chi connectivity index (χ0) is 15.4. The fourth-order valence-electron chi connectivity index (χ4n) is 2.45. The van der Waals surface area contributed by atoms with Crippen LogP contribution in [0.25, 0.3) is 0 Å². The summed E-state index contributed by atoms with van der Waals surface area (Å²) in [5, 5.41) is 0. The van der Waals surface area contributed by atoms with Crippen LogP contribution in [0, 0.1) is 6.92 Å². The molecule has 1 heterocycles. The van der Waals surface area contributed by atoms with Gasteiger partial charge in [0, 0.05) is 29.5 Å². The van der Waals surface area contributed by atoms with Gasteiger partial charge < -0.3 is 9.64 Å². The van der Waals surface area contributed by atoms with Gasteiger partial charge in [-0.3, -0.25) is 4.99 Å². The van der Waals surface area contributed by atoms with Crippen LogP contribution in [-0.4, -0.2) is 32.5 Å². The van der Waals surface area contributed by atoms with Crippen LogP contribution in [0.15, 0.2) is 51.9 Å². The van der Waals surface area contributed by atoms with Gasteiger partial charge in [-0.25, -0.2) is 0 Å². The Labute approximate surface area is 139 Å². The highest BCUT2D eigenvalue weighted by Gasteiger charge is 2.10. The van der Waals surface area contributed by atoms with E-state index in [0.717, 1.165) is 42.0 Å². The summed E-state index contributed by atoms with van der Waals surface area (Å²) in [5.74, 6) is 0. The molecule has 3 rings (SSSR count). The average Bonchev–Trinajstić information content (AvgIpc) is 2.55. The van der Waals surface area contributed by atoms with E-state index in [9.17, 15) is 0 Å². The third-order valence-electron chi connectivity index (χ3n) is 3.73. The molecule has 114 valence electrons. The van der Waals surface area contributed by atoms with Gasteiger partial charge in [0.15, 0.2) is 0 Å². The molecule has 0 spiro atoms. The van der Waals surface area contributed by atoms with Gasteiger partial charge in [0.05, 0.1) is 18.9 Å². The standard InChI is InChI=1S/C18H19BrN2O/c1-14-2-7-18(17(19)12-14)20-13-15-3-5-16(6-4-15)21-8-10-22-11-9-21/h2-7,12-13H,8-11H2,1H3. The molecule has 1 aliphatic heterocycles. The third-order valence-corrected chi connectivity index (χ3v) is 4.36. The van der Waals surface area contributed by atoms with E-state index in [1.807, 2.05) is 12.3 Å². The number of rotatable bonds is 3. The molecule has 1 fully saturated rings. The van der Waals surface area contributed by atoms with E-state index >= 15 is 0 Å². The Kier molecular flexibility index (Phi) is 4.90. The quantitative estimate of drug-likeness (QED) is 0.762. The lowest BCUT2D eigenvalue weighted by molar-refractivity contribution is 0.122. The van der Waals surface area contributed by atoms with Crippen molar-refractivity contribution >= 4 is 33.5 Å². The summed E-state index contributed by atoms with van der Waals surface area (Å²) in [6.07, 6.45) is 1.90. The summed E-state index contributed by atoms with van der Waals surface area (Å²) in [7, 11) is 0. The smallest absolute Gasteiger partial charge is 0.0772 e. The SMILES string of the molecule is Cc1ccc(N=Cc2ccc(N3CCOCC3)cc2)c(Br)c1. The highest BCUT2D eigenvalue weighted by atomic mass is 79.9. The van der Waals surface area contributed by atoms with Crippen molar-refractivity contribution in [2.24, 2.45) is 4.99 Å². The normalized spacial score (nSPS) is 15.5. The van der Waals surface area contributed by atoms with Crippen LogP contribution in [0.4, 0.5) is 11.4 Å². The number of nitrogens with zero attached hydrogens (tertiary/aromatic N) is 2. The molecule has 0 amide bonds. The number of hydrogen-bond donors (Lipinski definition) is 0. The Morgan fingerprint density at radius 1 is 1.09 bits per heavy atom. The topological polar surface area (TPSA) is 24.8 Å². The predicted molar refractivity (Wildman–Crippen MR) is 95.6 cm³/mol. The van der Waals surface area contributed by atoms with Gasteiger partial charge in [-0.1, -0.05) is 18.2 Å². The number of anilines is 1. The summed E-state index contributed by atoms with van der Waals surface area (Å²) < 4.78 is 6.41. The second kappa shape index (κ2) is 7.07. The van der Waals surface area contributed by atoms with Crippen LogP contribution < -0.4 is 4.90 Å². The fourth-order valence-corrected chi connectivity index (χ4v) is 3.05. The Hall–Kier alpha value is -1.65. The second-order valence-electron chi connectivity index (χ2n) is 5.40. The van der Waals surface area contributed by atoms with Gasteiger partial charge in [0.2, 0.25) is 0 Å². The lowest BCUT2D eigenvalue weighted by Crippen LogP contribution is -2.36. The molecule has 0 unspecified atom stereocenters. The summed E-state index contributed by atoms with van der Waals surface area (Å²) >= 11 is 3.55. The number of benzene rings is 2. The highest BCUT2D eigenvalue weighted by molar-refractivity contribution is 9.10. The van der Waals surface area contributed by atoms with E-state index < -0.39 is 0 Å². The van der Waals surface area contributed by atoms with Crippen LogP contribution in [0.2, 0.25) is 0 Å². The molecule has 0 radical (unpaired) electrons. The summed E-state index contributed by atoms with van der Waals surface area (Å²) in [6.45, 7) is 5.62. The Bertz CT molecular complexity index is 661. The van der Waals surface area contributed by atoms with E-state index in [1.54, 1.807) is 0 Å². The van der Waals surface area contributed by atoms with Crippen molar-refractivity contribution in [1.29, 1.82) is 0 Å². The highest BCUT2D eigenvalue weighted by Crippen LogP contribution is 2.26. The van der Waals surface area contributed by atoms with E-state index in [4.69, 9.17) is 4.74 Å². The maximum Gasteiger partial charge on any atom is 0.0772 e. The molecule has 0 bridgehead atoms. The third kappa shape index (κ3) is 3.76. The van der Waals surface area contributed by atoms with Gasteiger partial charge in [-0.15, -0.1) is 0 Å². The number of morpholine rings is 1. The molecule has 0 N–H and O–H groups in total. The van der Waals surface area contributed by atoms with Crippen LogP contribution in [0.3, 0.4) is 0 Å². The lowest BCUT2D eigenvalue weighted by atomic mass is 10.2. The van der Waals surface area contributed by atoms with Crippen molar-refractivity contribution in [3.8, 4) is 0 Å². The van der Waals surface area contributed by atoms with Crippen LogP contribution in [0.5, 0.6) is 0 Å². The second-order valence-corrected chi connectivity index (χ2v) is 6.26. The molecule has 0 aromatic heterocycles. The van der Waals surface area contributed by atoms with Crippen molar-refractivity contribution in [2.45, 2.75) is 6.92 Å². The first-order chi connectivity index (χ1) is 10.7. The largest absolute Gasteiger partial charge is 0.378 e. The molecule has 4 heteroatoms. The molecular formula is C18H19BrN2O. The number of hydrogen-bond acceptors (Lipinski definition) is 3. The first kappa shape index (κ1) is 15.3. The summed E-state index contributed by atoms with van der Waals surface area (Å²) in [5.41, 5.74) is 4.52. The van der Waals surface area contributed by atoms with E-state index in [-0.39, 0.29) is 0 Å². The van der Waals surface area contributed by atoms with Gasteiger partial charge in [-0.2, -0.15) is 0 Å². The van der Waals surface area contributed by atoms with Crippen LogP contribution >= 0.6 is 15.9 Å². The Morgan fingerprint density at radius 3 is 2.50 bits per heavy atom. The van der Waals surface area contributed by atoms with Gasteiger partial charge in [0.25, 0.3) is 0 Å². The van der Waals surface area contributed by atoms with Gasteiger partial charge >= 0.3 is 0 Å². The minimum Gasteiger partial charge on any atom is -0.378 e. The molecule has 2 aromatic carbocycles. The number of aliphatic imine (C=N–C) groups is 1. The van der Waals surface area contributed by atoms with Crippen molar-refractivity contribution < 1.29 is 4.74 Å². The van der Waals surface area contributed by atoms with E-state index in [0.29, 0.717) is 0 Å². The Balaban J connectivity index is 1.71. The number of aryl methyl sites for hydroxylation is 1. The average molecular weight is 359 g/mol. The molecule has 1 aliphatic rings. The van der Waals surface area contributed by atoms with Gasteiger partial charge in [-0.05, 0) is 58.2 Å². The van der Waals surface area contributed by atoms with E-state index in [1.165, 1.54) is 11.3 Å². The molecular weight excluding hydrogens is 340 g/mol. The predicted octanol–water partition coefficient (Wildman–Crippen LogP) is 4.34. The maximum absolute atomic E-state index is 5.38. The monoisotopic (exact) mass is 358 g/mol. The van der Waals surface area contributed by atoms with Crippen molar-refractivity contribution in [2.75, 3.05) is 31.2 Å². The zero-order valence-electron chi connectivity index (χ0n) is 12.6. The molecule has 1 saturated heterocycles. The molecule has 0 atom stereocenters. The molecule has 2 aromatic rings. The van der Waals surface area contributed by atoms with Crippen molar-refractivity contribution in [3.05, 3.63) is 58.1 Å². The van der Waals surface area contributed by atoms with Crippen LogP contribution in [0.1, 0.15) is 11.1 Å². The lowest BCUT2D eigenvalue weighted by Gasteiger charge is -2.28. The van der Waals surface area contributed by atoms with Crippen LogP contribution in [-0.2, 0) is 4.74 Å².